The first kappa shape index (κ1) is 16.9. The van der Waals surface area contributed by atoms with Gasteiger partial charge in [-0.2, -0.15) is 0 Å². The lowest BCUT2D eigenvalue weighted by Gasteiger charge is -2.17. The highest BCUT2D eigenvalue weighted by Gasteiger charge is 2.16. The molecular formula is C14H21ClN2O3. The monoisotopic (exact) mass is 300 g/mol. The standard InChI is InChI=1S/C14H21ClN2O3/c1-3-8-16-13(10-20-2)6-4-11-9-12(15)5-7-14(11)17(18)19/h5,7,9,13,16H,3-4,6,8,10H2,1-2H3. The molecule has 0 spiro atoms. The summed E-state index contributed by atoms with van der Waals surface area (Å²) in [6.07, 6.45) is 2.41. The zero-order chi connectivity index (χ0) is 15.0. The van der Waals surface area contributed by atoms with Crippen LogP contribution >= 0.6 is 11.6 Å². The lowest BCUT2D eigenvalue weighted by atomic mass is 10.0. The van der Waals surface area contributed by atoms with E-state index in [4.69, 9.17) is 16.3 Å². The minimum Gasteiger partial charge on any atom is -0.383 e. The first-order chi connectivity index (χ1) is 9.58. The molecule has 0 aliphatic heterocycles. The summed E-state index contributed by atoms with van der Waals surface area (Å²) in [5.74, 6) is 0. The number of nitro groups is 1. The first-order valence-electron chi connectivity index (χ1n) is 6.73. The molecule has 5 nitrogen and oxygen atoms in total. The number of halogens is 1. The summed E-state index contributed by atoms with van der Waals surface area (Å²) >= 11 is 5.92. The van der Waals surface area contributed by atoms with Gasteiger partial charge >= 0.3 is 0 Å². The molecule has 0 amide bonds. The second-order valence-corrected chi connectivity index (χ2v) is 5.11. The van der Waals surface area contributed by atoms with Gasteiger partial charge in [-0.1, -0.05) is 18.5 Å². The Bertz CT molecular complexity index is 440. The van der Waals surface area contributed by atoms with Gasteiger partial charge in [0.15, 0.2) is 0 Å². The van der Waals surface area contributed by atoms with Crippen molar-refractivity contribution >= 4 is 17.3 Å². The van der Waals surface area contributed by atoms with Crippen LogP contribution in [0.2, 0.25) is 5.02 Å². The molecule has 0 radical (unpaired) electrons. The van der Waals surface area contributed by atoms with Crippen LogP contribution in [0.5, 0.6) is 0 Å². The van der Waals surface area contributed by atoms with Gasteiger partial charge < -0.3 is 10.1 Å². The number of hydrogen-bond donors (Lipinski definition) is 1. The minimum atomic E-state index is -0.365. The van der Waals surface area contributed by atoms with Gasteiger partial charge in [-0.3, -0.25) is 10.1 Å². The van der Waals surface area contributed by atoms with Gasteiger partial charge in [-0.15, -0.1) is 0 Å². The van der Waals surface area contributed by atoms with Crippen LogP contribution in [-0.4, -0.2) is 31.2 Å². The lowest BCUT2D eigenvalue weighted by molar-refractivity contribution is -0.385. The van der Waals surface area contributed by atoms with Crippen molar-refractivity contribution in [2.45, 2.75) is 32.2 Å². The van der Waals surface area contributed by atoms with Crippen LogP contribution in [0.4, 0.5) is 5.69 Å². The van der Waals surface area contributed by atoms with Crippen LogP contribution in [0.25, 0.3) is 0 Å². The Morgan fingerprint density at radius 2 is 2.25 bits per heavy atom. The summed E-state index contributed by atoms with van der Waals surface area (Å²) in [5, 5.41) is 14.9. The maximum Gasteiger partial charge on any atom is 0.272 e. The summed E-state index contributed by atoms with van der Waals surface area (Å²) < 4.78 is 5.17. The number of nitrogens with one attached hydrogen (secondary N) is 1. The number of nitrogens with zero attached hydrogens (tertiary/aromatic N) is 1. The maximum absolute atomic E-state index is 11.0. The highest BCUT2D eigenvalue weighted by Crippen LogP contribution is 2.24. The number of ether oxygens (including phenoxy) is 1. The smallest absolute Gasteiger partial charge is 0.272 e. The number of hydrogen-bond acceptors (Lipinski definition) is 4. The first-order valence-corrected chi connectivity index (χ1v) is 7.11. The quantitative estimate of drug-likeness (QED) is 0.562. The van der Waals surface area contributed by atoms with Crippen molar-refractivity contribution in [1.82, 2.24) is 5.32 Å². The number of benzene rings is 1. The molecule has 0 aliphatic rings. The van der Waals surface area contributed by atoms with Gasteiger partial charge in [-0.05, 0) is 37.9 Å². The SMILES string of the molecule is CCCNC(CCc1cc(Cl)ccc1[N+](=O)[O-])COC. The van der Waals surface area contributed by atoms with Gasteiger partial charge in [0.25, 0.3) is 5.69 Å². The van der Waals surface area contributed by atoms with E-state index >= 15 is 0 Å². The van der Waals surface area contributed by atoms with Crippen molar-refractivity contribution in [2.75, 3.05) is 20.3 Å². The summed E-state index contributed by atoms with van der Waals surface area (Å²) in [5.41, 5.74) is 0.794. The Morgan fingerprint density at radius 3 is 2.85 bits per heavy atom. The molecule has 1 aromatic rings. The molecule has 1 atom stereocenters. The topological polar surface area (TPSA) is 64.4 Å². The molecule has 1 N–H and O–H groups in total. The van der Waals surface area contributed by atoms with E-state index in [2.05, 4.69) is 12.2 Å². The molecule has 6 heteroatoms. The highest BCUT2D eigenvalue weighted by molar-refractivity contribution is 6.30. The molecule has 0 fully saturated rings. The molecule has 20 heavy (non-hydrogen) atoms. The average molecular weight is 301 g/mol. The van der Waals surface area contributed by atoms with Crippen LogP contribution in [-0.2, 0) is 11.2 Å². The predicted molar refractivity (Wildman–Crippen MR) is 80.4 cm³/mol. The Hall–Kier alpha value is -1.17. The third kappa shape index (κ3) is 5.45. The zero-order valence-corrected chi connectivity index (χ0v) is 12.7. The molecule has 0 saturated heterocycles. The van der Waals surface area contributed by atoms with Gasteiger partial charge in [0.1, 0.15) is 0 Å². The number of rotatable bonds is 9. The van der Waals surface area contributed by atoms with Crippen molar-refractivity contribution in [2.24, 2.45) is 0 Å². The summed E-state index contributed by atoms with van der Waals surface area (Å²) in [6.45, 7) is 3.60. The number of aryl methyl sites for hydroxylation is 1. The molecule has 1 unspecified atom stereocenters. The second kappa shape index (κ2) is 8.89. The molecule has 0 heterocycles. The van der Waals surface area contributed by atoms with Crippen LogP contribution in [0.15, 0.2) is 18.2 Å². The molecule has 0 aliphatic carbocycles. The van der Waals surface area contributed by atoms with Crippen LogP contribution in [0.3, 0.4) is 0 Å². The number of methoxy groups -OCH3 is 1. The molecule has 0 bridgehead atoms. The Kier molecular flexibility index (Phi) is 7.51. The molecule has 1 aromatic carbocycles. The van der Waals surface area contributed by atoms with Crippen molar-refractivity contribution in [3.63, 3.8) is 0 Å². The fourth-order valence-corrected chi connectivity index (χ4v) is 2.25. The Balaban J connectivity index is 2.70. The molecule has 112 valence electrons. The van der Waals surface area contributed by atoms with E-state index < -0.39 is 0 Å². The minimum absolute atomic E-state index is 0.126. The van der Waals surface area contributed by atoms with Crippen molar-refractivity contribution in [3.8, 4) is 0 Å². The van der Waals surface area contributed by atoms with E-state index in [1.807, 2.05) is 0 Å². The van der Waals surface area contributed by atoms with Gasteiger partial charge in [0.05, 0.1) is 11.5 Å². The fraction of sp³-hybridized carbons (Fsp3) is 0.571. The van der Waals surface area contributed by atoms with Gasteiger partial charge in [0.2, 0.25) is 0 Å². The van der Waals surface area contributed by atoms with Gasteiger partial charge in [-0.25, -0.2) is 0 Å². The fourth-order valence-electron chi connectivity index (χ4n) is 2.06. The maximum atomic E-state index is 11.0. The predicted octanol–water partition coefficient (Wildman–Crippen LogP) is 3.20. The summed E-state index contributed by atoms with van der Waals surface area (Å²) in [7, 11) is 1.66. The van der Waals surface area contributed by atoms with Crippen LogP contribution in [0, 0.1) is 10.1 Å². The second-order valence-electron chi connectivity index (χ2n) is 4.68. The Labute approximate surface area is 124 Å². The number of nitro benzene ring substituents is 1. The van der Waals surface area contributed by atoms with Gasteiger partial charge in [0, 0.05) is 29.8 Å². The molecule has 1 rings (SSSR count). The Morgan fingerprint density at radius 1 is 1.50 bits per heavy atom. The lowest BCUT2D eigenvalue weighted by Crippen LogP contribution is -2.34. The molecule has 0 saturated carbocycles. The van der Waals surface area contributed by atoms with Crippen LogP contribution < -0.4 is 5.32 Å². The van der Waals surface area contributed by atoms with Crippen molar-refractivity contribution in [1.29, 1.82) is 0 Å². The summed E-state index contributed by atoms with van der Waals surface area (Å²) in [4.78, 5) is 10.6. The van der Waals surface area contributed by atoms with E-state index in [1.165, 1.54) is 6.07 Å². The molecule has 0 aromatic heterocycles. The van der Waals surface area contributed by atoms with E-state index in [0.717, 1.165) is 19.4 Å². The third-order valence-electron chi connectivity index (χ3n) is 3.05. The van der Waals surface area contributed by atoms with Crippen molar-refractivity contribution in [3.05, 3.63) is 38.9 Å². The van der Waals surface area contributed by atoms with E-state index in [9.17, 15) is 10.1 Å². The van der Waals surface area contributed by atoms with Crippen molar-refractivity contribution < 1.29 is 9.66 Å². The average Bonchev–Trinajstić information content (AvgIpc) is 2.41. The molecular weight excluding hydrogens is 280 g/mol. The normalized spacial score (nSPS) is 12.3. The zero-order valence-electron chi connectivity index (χ0n) is 11.9. The largest absolute Gasteiger partial charge is 0.383 e. The van der Waals surface area contributed by atoms with Crippen LogP contribution in [0.1, 0.15) is 25.3 Å². The van der Waals surface area contributed by atoms with E-state index in [-0.39, 0.29) is 16.7 Å². The third-order valence-corrected chi connectivity index (χ3v) is 3.29. The highest BCUT2D eigenvalue weighted by atomic mass is 35.5. The van der Waals surface area contributed by atoms with E-state index in [0.29, 0.717) is 23.6 Å². The summed E-state index contributed by atoms with van der Waals surface area (Å²) in [6, 6.07) is 4.87. The van der Waals surface area contributed by atoms with E-state index in [1.54, 1.807) is 19.2 Å².